The van der Waals surface area contributed by atoms with Gasteiger partial charge in [0, 0.05) is 4.47 Å². The molecular weight excluding hydrogens is 271 g/mol. The first-order chi connectivity index (χ1) is 6.95. The molecule has 1 aromatic carbocycles. The van der Waals surface area contributed by atoms with Gasteiger partial charge in [-0.3, -0.25) is 0 Å². The molecule has 0 fully saturated rings. The van der Waals surface area contributed by atoms with E-state index in [-0.39, 0.29) is 12.1 Å². The highest BCUT2D eigenvalue weighted by molar-refractivity contribution is 9.10. The summed E-state index contributed by atoms with van der Waals surface area (Å²) in [5, 5.41) is 2.42. The van der Waals surface area contributed by atoms with Crippen molar-refractivity contribution in [2.75, 3.05) is 6.54 Å². The number of rotatable bonds is 3. The van der Waals surface area contributed by atoms with Gasteiger partial charge in [0.05, 0.1) is 0 Å². The van der Waals surface area contributed by atoms with Gasteiger partial charge in [-0.1, -0.05) is 35.0 Å². The standard InChI is InChI=1S/C10H11BrF3N/c1-2-15-9(10(12,13)14)7-3-5-8(11)6-4-7/h3-6,9,15H,2H2,1H3/t9-/m0/s1. The third-order valence-corrected chi connectivity index (χ3v) is 2.47. The molecule has 84 valence electrons. The maximum Gasteiger partial charge on any atom is 0.407 e. The van der Waals surface area contributed by atoms with Crippen LogP contribution in [-0.4, -0.2) is 12.7 Å². The van der Waals surface area contributed by atoms with E-state index in [1.807, 2.05) is 0 Å². The van der Waals surface area contributed by atoms with E-state index >= 15 is 0 Å². The van der Waals surface area contributed by atoms with E-state index in [0.717, 1.165) is 4.47 Å². The molecule has 1 atom stereocenters. The van der Waals surface area contributed by atoms with E-state index in [1.54, 1.807) is 19.1 Å². The smallest absolute Gasteiger partial charge is 0.303 e. The summed E-state index contributed by atoms with van der Waals surface area (Å²) >= 11 is 3.18. The molecule has 0 radical (unpaired) electrons. The Kier molecular flexibility index (Phi) is 4.16. The van der Waals surface area contributed by atoms with Gasteiger partial charge in [0.2, 0.25) is 0 Å². The van der Waals surface area contributed by atoms with Crippen molar-refractivity contribution in [1.29, 1.82) is 0 Å². The van der Waals surface area contributed by atoms with E-state index in [2.05, 4.69) is 21.2 Å². The second-order valence-electron chi connectivity index (χ2n) is 3.08. The van der Waals surface area contributed by atoms with Crippen molar-refractivity contribution in [3.63, 3.8) is 0 Å². The van der Waals surface area contributed by atoms with Crippen LogP contribution >= 0.6 is 15.9 Å². The summed E-state index contributed by atoms with van der Waals surface area (Å²) in [6, 6.07) is 4.54. The predicted octanol–water partition coefficient (Wildman–Crippen LogP) is 3.66. The fraction of sp³-hybridized carbons (Fsp3) is 0.400. The molecule has 5 heteroatoms. The van der Waals surface area contributed by atoms with Crippen LogP contribution in [0.15, 0.2) is 28.7 Å². The summed E-state index contributed by atoms with van der Waals surface area (Å²) in [6.45, 7) is 1.93. The van der Waals surface area contributed by atoms with Crippen LogP contribution in [0.5, 0.6) is 0 Å². The number of halogens is 4. The van der Waals surface area contributed by atoms with E-state index in [9.17, 15) is 13.2 Å². The summed E-state index contributed by atoms with van der Waals surface area (Å²) < 4.78 is 38.6. The fourth-order valence-electron chi connectivity index (χ4n) is 1.28. The van der Waals surface area contributed by atoms with Crippen LogP contribution in [0.25, 0.3) is 0 Å². The van der Waals surface area contributed by atoms with Crippen molar-refractivity contribution in [2.45, 2.75) is 19.1 Å². The quantitative estimate of drug-likeness (QED) is 0.892. The van der Waals surface area contributed by atoms with Gasteiger partial charge in [-0.05, 0) is 24.2 Å². The molecule has 0 saturated carbocycles. The van der Waals surface area contributed by atoms with Crippen LogP contribution in [0.2, 0.25) is 0 Å². The van der Waals surface area contributed by atoms with Gasteiger partial charge in [-0.15, -0.1) is 0 Å². The number of hydrogen-bond acceptors (Lipinski definition) is 1. The largest absolute Gasteiger partial charge is 0.407 e. The molecule has 0 aromatic heterocycles. The monoisotopic (exact) mass is 281 g/mol. The lowest BCUT2D eigenvalue weighted by molar-refractivity contribution is -0.157. The lowest BCUT2D eigenvalue weighted by atomic mass is 10.1. The van der Waals surface area contributed by atoms with Crippen molar-refractivity contribution in [2.24, 2.45) is 0 Å². The summed E-state index contributed by atoms with van der Waals surface area (Å²) in [4.78, 5) is 0. The van der Waals surface area contributed by atoms with Gasteiger partial charge in [0.25, 0.3) is 0 Å². The van der Waals surface area contributed by atoms with Crippen molar-refractivity contribution in [3.05, 3.63) is 34.3 Å². The normalized spacial score (nSPS) is 13.9. The zero-order valence-electron chi connectivity index (χ0n) is 8.11. The Morgan fingerprint density at radius 2 is 1.80 bits per heavy atom. The van der Waals surface area contributed by atoms with Crippen LogP contribution in [0.3, 0.4) is 0 Å². The second-order valence-corrected chi connectivity index (χ2v) is 4.00. The first-order valence-electron chi connectivity index (χ1n) is 4.50. The highest BCUT2D eigenvalue weighted by atomic mass is 79.9. The van der Waals surface area contributed by atoms with Gasteiger partial charge in [0.15, 0.2) is 0 Å². The Morgan fingerprint density at radius 3 is 2.20 bits per heavy atom. The van der Waals surface area contributed by atoms with Gasteiger partial charge in [-0.2, -0.15) is 13.2 Å². The summed E-state index contributed by atoms with van der Waals surface area (Å²) in [6.07, 6.45) is -4.26. The lowest BCUT2D eigenvalue weighted by Crippen LogP contribution is -2.33. The Hall–Kier alpha value is -0.550. The molecule has 0 spiro atoms. The van der Waals surface area contributed by atoms with Crippen LogP contribution in [0, 0.1) is 0 Å². The molecule has 1 nitrogen and oxygen atoms in total. The zero-order valence-corrected chi connectivity index (χ0v) is 9.69. The SMILES string of the molecule is CCN[C@@H](c1ccc(Br)cc1)C(F)(F)F. The molecule has 0 unspecified atom stereocenters. The average Bonchev–Trinajstić information content (AvgIpc) is 2.14. The number of benzene rings is 1. The molecule has 0 amide bonds. The summed E-state index contributed by atoms with van der Waals surface area (Å²) in [5.41, 5.74) is 0.229. The van der Waals surface area contributed by atoms with Crippen LogP contribution in [-0.2, 0) is 0 Å². The third kappa shape index (κ3) is 3.50. The number of hydrogen-bond donors (Lipinski definition) is 1. The molecule has 0 aliphatic carbocycles. The minimum atomic E-state index is -4.26. The zero-order chi connectivity index (χ0) is 11.5. The minimum absolute atomic E-state index is 0.229. The molecule has 0 aliphatic rings. The predicted molar refractivity (Wildman–Crippen MR) is 56.6 cm³/mol. The molecule has 0 bridgehead atoms. The number of nitrogens with one attached hydrogen (secondary N) is 1. The fourth-order valence-corrected chi connectivity index (χ4v) is 1.55. The topological polar surface area (TPSA) is 12.0 Å². The lowest BCUT2D eigenvalue weighted by Gasteiger charge is -2.21. The Balaban J connectivity index is 2.94. The maximum absolute atomic E-state index is 12.6. The first kappa shape index (κ1) is 12.5. The van der Waals surface area contributed by atoms with E-state index in [1.165, 1.54) is 12.1 Å². The average molecular weight is 282 g/mol. The Bertz CT molecular complexity index is 307. The third-order valence-electron chi connectivity index (χ3n) is 1.94. The molecule has 15 heavy (non-hydrogen) atoms. The Morgan fingerprint density at radius 1 is 1.27 bits per heavy atom. The molecule has 0 heterocycles. The highest BCUT2D eigenvalue weighted by Gasteiger charge is 2.39. The first-order valence-corrected chi connectivity index (χ1v) is 5.30. The van der Waals surface area contributed by atoms with Crippen LogP contribution < -0.4 is 5.32 Å². The van der Waals surface area contributed by atoms with Gasteiger partial charge in [-0.25, -0.2) is 0 Å². The van der Waals surface area contributed by atoms with Gasteiger partial charge in [0.1, 0.15) is 6.04 Å². The van der Waals surface area contributed by atoms with E-state index in [4.69, 9.17) is 0 Å². The van der Waals surface area contributed by atoms with Crippen molar-refractivity contribution in [1.82, 2.24) is 5.32 Å². The van der Waals surface area contributed by atoms with Gasteiger partial charge < -0.3 is 5.32 Å². The maximum atomic E-state index is 12.6. The molecule has 0 saturated heterocycles. The molecule has 0 aliphatic heterocycles. The minimum Gasteiger partial charge on any atom is -0.303 e. The number of alkyl halides is 3. The van der Waals surface area contributed by atoms with Crippen molar-refractivity contribution in [3.8, 4) is 0 Å². The van der Waals surface area contributed by atoms with Crippen LogP contribution in [0.4, 0.5) is 13.2 Å². The molecule has 1 rings (SSSR count). The second kappa shape index (κ2) is 4.99. The van der Waals surface area contributed by atoms with Crippen molar-refractivity contribution < 1.29 is 13.2 Å². The van der Waals surface area contributed by atoms with Crippen molar-refractivity contribution >= 4 is 15.9 Å². The van der Waals surface area contributed by atoms with E-state index < -0.39 is 12.2 Å². The molecule has 1 N–H and O–H groups in total. The molecular formula is C10H11BrF3N. The Labute approximate surface area is 94.8 Å². The molecule has 1 aromatic rings. The van der Waals surface area contributed by atoms with E-state index in [0.29, 0.717) is 0 Å². The van der Waals surface area contributed by atoms with Crippen LogP contribution in [0.1, 0.15) is 18.5 Å². The summed E-state index contributed by atoms with van der Waals surface area (Å²) in [7, 11) is 0. The summed E-state index contributed by atoms with van der Waals surface area (Å²) in [5.74, 6) is 0. The highest BCUT2D eigenvalue weighted by Crippen LogP contribution is 2.32. The van der Waals surface area contributed by atoms with Gasteiger partial charge >= 0.3 is 6.18 Å².